The van der Waals surface area contributed by atoms with E-state index in [-0.39, 0.29) is 10.8 Å². The Morgan fingerprint density at radius 1 is 1.10 bits per heavy atom. The van der Waals surface area contributed by atoms with Crippen molar-refractivity contribution in [2.45, 2.75) is 45.7 Å². The summed E-state index contributed by atoms with van der Waals surface area (Å²) in [6.07, 6.45) is 0. The number of hydrogen-bond acceptors (Lipinski definition) is 3. The first-order valence-corrected chi connectivity index (χ1v) is 6.80. The molecule has 0 fully saturated rings. The quantitative estimate of drug-likeness (QED) is 0.641. The summed E-state index contributed by atoms with van der Waals surface area (Å²) in [4.78, 5) is 11.4. The van der Waals surface area contributed by atoms with Gasteiger partial charge in [-0.05, 0) is 45.9 Å². The van der Waals surface area contributed by atoms with E-state index in [0.717, 1.165) is 16.5 Å². The minimum atomic E-state index is -0.518. The van der Waals surface area contributed by atoms with E-state index in [1.807, 2.05) is 39.8 Å². The Labute approximate surface area is 117 Å². The van der Waals surface area contributed by atoms with Crippen LogP contribution in [0.2, 0.25) is 0 Å². The van der Waals surface area contributed by atoms with Crippen LogP contribution < -0.4 is 5.06 Å². The summed E-state index contributed by atoms with van der Waals surface area (Å²) < 4.78 is 5.59. The van der Waals surface area contributed by atoms with Crippen LogP contribution in [-0.2, 0) is 11.1 Å². The average molecular weight is 273 g/mol. The zero-order valence-corrected chi connectivity index (χ0v) is 12.5. The largest absolute Gasteiger partial charge is 0.633 e. The average Bonchev–Trinajstić information content (AvgIpc) is 2.83. The molecule has 1 aromatic carbocycles. The van der Waals surface area contributed by atoms with Crippen molar-refractivity contribution >= 4 is 16.8 Å². The van der Waals surface area contributed by atoms with E-state index in [4.69, 9.17) is 4.42 Å². The van der Waals surface area contributed by atoms with Crippen LogP contribution in [0.3, 0.4) is 0 Å². The fourth-order valence-corrected chi connectivity index (χ4v) is 3.32. The van der Waals surface area contributed by atoms with Gasteiger partial charge in [-0.1, -0.05) is 0 Å². The molecule has 4 heteroatoms. The van der Waals surface area contributed by atoms with Gasteiger partial charge in [0.25, 0.3) is 0 Å². The second-order valence-electron chi connectivity index (χ2n) is 6.68. The van der Waals surface area contributed by atoms with Gasteiger partial charge in [-0.3, -0.25) is 4.79 Å². The molecule has 0 radical (unpaired) electrons. The molecule has 1 aromatic heterocycles. The summed E-state index contributed by atoms with van der Waals surface area (Å²) in [5, 5.41) is 13.7. The van der Waals surface area contributed by atoms with Crippen LogP contribution in [-0.4, -0.2) is 5.78 Å². The van der Waals surface area contributed by atoms with E-state index in [1.165, 1.54) is 6.92 Å². The van der Waals surface area contributed by atoms with Crippen molar-refractivity contribution < 1.29 is 14.3 Å². The maximum absolute atomic E-state index is 12.6. The predicted octanol–water partition coefficient (Wildman–Crippen LogP) is 2.50. The van der Waals surface area contributed by atoms with Gasteiger partial charge in [0.05, 0.1) is 0 Å². The molecule has 1 aliphatic rings. The SMILES string of the molecule is CC(=O)c1cc2cc3c(cc2o1)C(C)(C)[NH+]([O-])C3(C)C. The van der Waals surface area contributed by atoms with Crippen molar-refractivity contribution in [3.63, 3.8) is 0 Å². The molecule has 1 unspecified atom stereocenters. The highest BCUT2D eigenvalue weighted by Gasteiger charge is 2.49. The Morgan fingerprint density at radius 3 is 2.20 bits per heavy atom. The number of benzene rings is 1. The molecule has 2 aromatic rings. The molecule has 0 bridgehead atoms. The fraction of sp³-hybridized carbons (Fsp3) is 0.438. The molecule has 0 saturated heterocycles. The van der Waals surface area contributed by atoms with Crippen LogP contribution in [0.25, 0.3) is 11.0 Å². The number of Topliss-reactive ketones (excluding diaryl/α,β-unsaturated/α-hetero) is 1. The maximum atomic E-state index is 12.6. The molecule has 0 amide bonds. The molecule has 106 valence electrons. The first-order chi connectivity index (χ1) is 9.15. The molecule has 1 atom stereocenters. The number of fused-ring (bicyclic) bond motifs is 2. The number of furan rings is 1. The van der Waals surface area contributed by atoms with E-state index in [1.54, 1.807) is 6.07 Å². The van der Waals surface area contributed by atoms with E-state index >= 15 is 0 Å². The number of hydroxylamine groups is 2. The van der Waals surface area contributed by atoms with Crippen LogP contribution in [0.5, 0.6) is 0 Å². The third kappa shape index (κ3) is 1.52. The lowest BCUT2D eigenvalue weighted by molar-refractivity contribution is -0.955. The van der Waals surface area contributed by atoms with Crippen LogP contribution in [0.4, 0.5) is 0 Å². The normalized spacial score (nSPS) is 23.0. The molecule has 0 aliphatic carbocycles. The summed E-state index contributed by atoms with van der Waals surface area (Å²) in [5.74, 6) is 0.279. The number of rotatable bonds is 1. The summed E-state index contributed by atoms with van der Waals surface area (Å²) in [6, 6.07) is 5.67. The minimum absolute atomic E-state index is 0.0871. The zero-order chi connectivity index (χ0) is 14.9. The molecule has 4 nitrogen and oxygen atoms in total. The molecule has 3 rings (SSSR count). The van der Waals surface area contributed by atoms with Gasteiger partial charge >= 0.3 is 0 Å². The van der Waals surface area contributed by atoms with E-state index in [2.05, 4.69) is 0 Å². The summed E-state index contributed by atoms with van der Waals surface area (Å²) >= 11 is 0. The number of quaternary nitrogens is 1. The maximum Gasteiger partial charge on any atom is 0.194 e. The first-order valence-electron chi connectivity index (χ1n) is 6.80. The number of nitrogens with one attached hydrogen (secondary N) is 1. The Balaban J connectivity index is 2.31. The lowest BCUT2D eigenvalue weighted by Crippen LogP contribution is -3.17. The van der Waals surface area contributed by atoms with E-state index < -0.39 is 11.1 Å². The Bertz CT molecular complexity index is 672. The van der Waals surface area contributed by atoms with Gasteiger partial charge in [-0.2, -0.15) is 0 Å². The second kappa shape index (κ2) is 3.71. The molecule has 2 heterocycles. The van der Waals surface area contributed by atoms with Gasteiger partial charge < -0.3 is 14.7 Å². The standard InChI is InChI=1S/C16H19NO3/c1-9(18)13-7-10-6-11-12(8-14(10)20-13)16(4,5)17(19)15(11,2)3/h6-8,17H,1-5H3. The molecule has 20 heavy (non-hydrogen) atoms. The third-order valence-corrected chi connectivity index (χ3v) is 4.49. The summed E-state index contributed by atoms with van der Waals surface area (Å²) in [6.45, 7) is 9.30. The van der Waals surface area contributed by atoms with Gasteiger partial charge in [0, 0.05) is 23.4 Å². The molecular formula is C16H19NO3. The monoisotopic (exact) mass is 273 g/mol. The Kier molecular flexibility index (Phi) is 2.48. The highest BCUT2D eigenvalue weighted by Crippen LogP contribution is 2.39. The summed E-state index contributed by atoms with van der Waals surface area (Å²) in [5.41, 5.74) is 1.70. The van der Waals surface area contributed by atoms with E-state index in [9.17, 15) is 10.0 Å². The van der Waals surface area contributed by atoms with Crippen LogP contribution >= 0.6 is 0 Å². The Hall–Kier alpha value is -1.65. The molecular weight excluding hydrogens is 254 g/mol. The van der Waals surface area contributed by atoms with Crippen LogP contribution in [0, 0.1) is 5.21 Å². The van der Waals surface area contributed by atoms with Crippen molar-refractivity contribution in [3.8, 4) is 0 Å². The lowest BCUT2D eigenvalue weighted by Gasteiger charge is -2.40. The highest BCUT2D eigenvalue weighted by molar-refractivity contribution is 5.96. The second-order valence-corrected chi connectivity index (χ2v) is 6.68. The number of ketones is 1. The minimum Gasteiger partial charge on any atom is -0.633 e. The number of hydrogen-bond donors (Lipinski definition) is 1. The lowest BCUT2D eigenvalue weighted by atomic mass is 9.90. The van der Waals surface area contributed by atoms with Crippen molar-refractivity contribution in [2.75, 3.05) is 0 Å². The van der Waals surface area contributed by atoms with Gasteiger partial charge in [0.1, 0.15) is 16.7 Å². The highest BCUT2D eigenvalue weighted by atomic mass is 16.5. The van der Waals surface area contributed by atoms with Gasteiger partial charge in [0.15, 0.2) is 11.5 Å². The van der Waals surface area contributed by atoms with Gasteiger partial charge in [-0.15, -0.1) is 0 Å². The zero-order valence-electron chi connectivity index (χ0n) is 12.5. The van der Waals surface area contributed by atoms with Gasteiger partial charge in [-0.25, -0.2) is 0 Å². The van der Waals surface area contributed by atoms with Gasteiger partial charge in [0.2, 0.25) is 0 Å². The molecule has 0 spiro atoms. The number of carbonyl (C=O) groups is 1. The molecule has 1 aliphatic heterocycles. The van der Waals surface area contributed by atoms with E-state index in [0.29, 0.717) is 11.3 Å². The number of carbonyl (C=O) groups excluding carboxylic acids is 1. The molecule has 1 N–H and O–H groups in total. The van der Waals surface area contributed by atoms with Crippen LogP contribution in [0.15, 0.2) is 22.6 Å². The smallest absolute Gasteiger partial charge is 0.194 e. The Morgan fingerprint density at radius 2 is 1.65 bits per heavy atom. The van der Waals surface area contributed by atoms with Crippen LogP contribution in [0.1, 0.15) is 56.3 Å². The fourth-order valence-electron chi connectivity index (χ4n) is 3.32. The van der Waals surface area contributed by atoms with Crippen molar-refractivity contribution in [1.82, 2.24) is 0 Å². The van der Waals surface area contributed by atoms with Crippen molar-refractivity contribution in [2.24, 2.45) is 0 Å². The predicted molar refractivity (Wildman–Crippen MR) is 76.6 cm³/mol. The summed E-state index contributed by atoms with van der Waals surface area (Å²) in [7, 11) is 0. The topological polar surface area (TPSA) is 57.7 Å². The third-order valence-electron chi connectivity index (χ3n) is 4.49. The van der Waals surface area contributed by atoms with Crippen molar-refractivity contribution in [1.29, 1.82) is 0 Å². The molecule has 0 saturated carbocycles. The first kappa shape index (κ1) is 13.3. The van der Waals surface area contributed by atoms with Crippen molar-refractivity contribution in [3.05, 3.63) is 40.3 Å².